The molecule has 0 radical (unpaired) electrons. The molecule has 0 amide bonds. The van der Waals surface area contributed by atoms with E-state index in [0.29, 0.717) is 18.1 Å². The van der Waals surface area contributed by atoms with Gasteiger partial charge >= 0.3 is 6.18 Å². The minimum absolute atomic E-state index is 0.204. The Balaban J connectivity index is 1.95. The van der Waals surface area contributed by atoms with Crippen molar-refractivity contribution in [2.24, 2.45) is 4.99 Å². The number of aryl methyl sites for hydroxylation is 1. The molecule has 2 N–H and O–H groups in total. The molecule has 28 heavy (non-hydrogen) atoms. The van der Waals surface area contributed by atoms with Gasteiger partial charge in [0.05, 0.1) is 7.11 Å². The number of halogens is 3. The predicted molar refractivity (Wildman–Crippen MR) is 103 cm³/mol. The van der Waals surface area contributed by atoms with Gasteiger partial charge in [-0.25, -0.2) is 0 Å². The van der Waals surface area contributed by atoms with Crippen LogP contribution in [0, 0.1) is 6.92 Å². The molecule has 0 spiro atoms. The minimum atomic E-state index is -4.38. The monoisotopic (exact) mass is 395 g/mol. The third-order valence-electron chi connectivity index (χ3n) is 3.90. The van der Waals surface area contributed by atoms with Crippen LogP contribution < -0.4 is 20.1 Å². The van der Waals surface area contributed by atoms with Gasteiger partial charge in [-0.2, -0.15) is 13.2 Å². The maximum Gasteiger partial charge on any atom is 0.422 e. The van der Waals surface area contributed by atoms with Gasteiger partial charge in [0.2, 0.25) is 0 Å². The number of hydrogen-bond donors (Lipinski definition) is 2. The molecule has 2 rings (SSSR count). The second kappa shape index (κ2) is 9.87. The normalized spacial score (nSPS) is 11.9. The standard InChI is InChI=1S/C20H24F3N3O2/c1-14-4-7-16(18(10-14)28-13-20(21,22)23)12-26-19(24-2)25-11-15-5-8-17(27-3)9-6-15/h4-10H,11-13H2,1-3H3,(H2,24,25,26). The van der Waals surface area contributed by atoms with E-state index in [1.807, 2.05) is 30.3 Å². The van der Waals surface area contributed by atoms with E-state index in [9.17, 15) is 13.2 Å². The Morgan fingerprint density at radius 2 is 1.71 bits per heavy atom. The molecule has 0 saturated heterocycles. The highest BCUT2D eigenvalue weighted by molar-refractivity contribution is 5.79. The lowest BCUT2D eigenvalue weighted by molar-refractivity contribution is -0.153. The Morgan fingerprint density at radius 1 is 1.04 bits per heavy atom. The fourth-order valence-corrected chi connectivity index (χ4v) is 2.43. The summed E-state index contributed by atoms with van der Waals surface area (Å²) in [5, 5.41) is 6.25. The summed E-state index contributed by atoms with van der Waals surface area (Å²) in [5.41, 5.74) is 2.47. The topological polar surface area (TPSA) is 54.9 Å². The summed E-state index contributed by atoms with van der Waals surface area (Å²) in [6.07, 6.45) is -4.38. The fourth-order valence-electron chi connectivity index (χ4n) is 2.43. The van der Waals surface area contributed by atoms with Crippen molar-refractivity contribution >= 4 is 5.96 Å². The van der Waals surface area contributed by atoms with Crippen LogP contribution in [0.2, 0.25) is 0 Å². The maximum absolute atomic E-state index is 12.5. The molecule has 0 bridgehead atoms. The van der Waals surface area contributed by atoms with Gasteiger partial charge in [-0.15, -0.1) is 0 Å². The number of nitrogens with one attached hydrogen (secondary N) is 2. The van der Waals surface area contributed by atoms with Crippen LogP contribution in [0.5, 0.6) is 11.5 Å². The molecule has 0 aliphatic heterocycles. The van der Waals surface area contributed by atoms with E-state index in [2.05, 4.69) is 15.6 Å². The van der Waals surface area contributed by atoms with Crippen molar-refractivity contribution in [3.05, 3.63) is 59.2 Å². The largest absolute Gasteiger partial charge is 0.497 e. The Bertz CT molecular complexity index is 790. The maximum atomic E-state index is 12.5. The lowest BCUT2D eigenvalue weighted by Gasteiger charge is -2.16. The Kier molecular flexibility index (Phi) is 7.54. The minimum Gasteiger partial charge on any atom is -0.497 e. The van der Waals surface area contributed by atoms with Gasteiger partial charge in [0, 0.05) is 25.7 Å². The van der Waals surface area contributed by atoms with E-state index in [1.54, 1.807) is 33.2 Å². The first-order valence-electron chi connectivity index (χ1n) is 8.67. The molecule has 0 aliphatic rings. The number of methoxy groups -OCH3 is 1. The second-order valence-electron chi connectivity index (χ2n) is 6.14. The van der Waals surface area contributed by atoms with Crippen LogP contribution in [0.25, 0.3) is 0 Å². The Hall–Kier alpha value is -2.90. The first kappa shape index (κ1) is 21.4. The molecule has 8 heteroatoms. The number of hydrogen-bond acceptors (Lipinski definition) is 3. The van der Waals surface area contributed by atoms with Gasteiger partial charge in [0.1, 0.15) is 11.5 Å². The highest BCUT2D eigenvalue weighted by atomic mass is 19.4. The number of benzene rings is 2. The average Bonchev–Trinajstić information content (AvgIpc) is 2.67. The van der Waals surface area contributed by atoms with Gasteiger partial charge < -0.3 is 20.1 Å². The van der Waals surface area contributed by atoms with E-state index in [-0.39, 0.29) is 12.3 Å². The molecule has 0 heterocycles. The van der Waals surface area contributed by atoms with Crippen LogP contribution in [0.15, 0.2) is 47.5 Å². The zero-order valence-corrected chi connectivity index (χ0v) is 16.1. The number of guanidine groups is 1. The van der Waals surface area contributed by atoms with E-state index < -0.39 is 12.8 Å². The Labute approximate surface area is 162 Å². The molecular formula is C20H24F3N3O2. The van der Waals surface area contributed by atoms with E-state index >= 15 is 0 Å². The second-order valence-corrected chi connectivity index (χ2v) is 6.14. The van der Waals surface area contributed by atoms with Crippen molar-refractivity contribution in [2.45, 2.75) is 26.2 Å². The van der Waals surface area contributed by atoms with Gasteiger partial charge in [-0.1, -0.05) is 24.3 Å². The summed E-state index contributed by atoms with van der Waals surface area (Å²) < 4.78 is 47.5. The Morgan fingerprint density at radius 3 is 2.32 bits per heavy atom. The first-order chi connectivity index (χ1) is 13.3. The zero-order chi connectivity index (χ0) is 20.6. The molecule has 5 nitrogen and oxygen atoms in total. The van der Waals surface area contributed by atoms with Crippen molar-refractivity contribution in [3.8, 4) is 11.5 Å². The summed E-state index contributed by atoms with van der Waals surface area (Å²) in [5.74, 6) is 1.51. The van der Waals surface area contributed by atoms with Crippen molar-refractivity contribution in [3.63, 3.8) is 0 Å². The van der Waals surface area contributed by atoms with Gasteiger partial charge in [0.15, 0.2) is 12.6 Å². The number of ether oxygens (including phenoxy) is 2. The highest BCUT2D eigenvalue weighted by Crippen LogP contribution is 2.23. The molecule has 2 aromatic carbocycles. The SMILES string of the molecule is CN=C(NCc1ccc(OC)cc1)NCc1ccc(C)cc1OCC(F)(F)F. The van der Waals surface area contributed by atoms with E-state index in [4.69, 9.17) is 9.47 Å². The lowest BCUT2D eigenvalue weighted by Crippen LogP contribution is -2.36. The zero-order valence-electron chi connectivity index (χ0n) is 16.1. The highest BCUT2D eigenvalue weighted by Gasteiger charge is 2.28. The molecular weight excluding hydrogens is 371 g/mol. The number of nitrogens with zero attached hydrogens (tertiary/aromatic N) is 1. The molecule has 0 aliphatic carbocycles. The van der Waals surface area contributed by atoms with Crippen LogP contribution in [0.4, 0.5) is 13.2 Å². The summed E-state index contributed by atoms with van der Waals surface area (Å²) >= 11 is 0. The molecule has 0 unspecified atom stereocenters. The van der Waals surface area contributed by atoms with E-state index in [0.717, 1.165) is 16.9 Å². The van der Waals surface area contributed by atoms with Crippen molar-refractivity contribution in [1.82, 2.24) is 10.6 Å². The smallest absolute Gasteiger partial charge is 0.422 e. The lowest BCUT2D eigenvalue weighted by atomic mass is 10.1. The van der Waals surface area contributed by atoms with Crippen molar-refractivity contribution < 1.29 is 22.6 Å². The van der Waals surface area contributed by atoms with Crippen LogP contribution in [-0.2, 0) is 13.1 Å². The molecule has 0 atom stereocenters. The van der Waals surface area contributed by atoms with Gasteiger partial charge in [-0.05, 0) is 36.2 Å². The quantitative estimate of drug-likeness (QED) is 0.553. The number of aliphatic imine (C=N–C) groups is 1. The van der Waals surface area contributed by atoms with Gasteiger partial charge in [0.25, 0.3) is 0 Å². The summed E-state index contributed by atoms with van der Waals surface area (Å²) in [6.45, 7) is 1.28. The average molecular weight is 395 g/mol. The summed E-state index contributed by atoms with van der Waals surface area (Å²) in [7, 11) is 3.23. The summed E-state index contributed by atoms with van der Waals surface area (Å²) in [6, 6.07) is 12.8. The van der Waals surface area contributed by atoms with Crippen LogP contribution in [0.1, 0.15) is 16.7 Å². The van der Waals surface area contributed by atoms with E-state index in [1.165, 1.54) is 0 Å². The number of rotatable bonds is 7. The molecule has 0 saturated carbocycles. The molecule has 0 fully saturated rings. The van der Waals surface area contributed by atoms with Crippen LogP contribution in [-0.4, -0.2) is 32.9 Å². The predicted octanol–water partition coefficient (Wildman–Crippen LogP) is 3.81. The third kappa shape index (κ3) is 7.02. The van der Waals surface area contributed by atoms with Crippen LogP contribution >= 0.6 is 0 Å². The molecule has 2 aromatic rings. The van der Waals surface area contributed by atoms with Crippen molar-refractivity contribution in [2.75, 3.05) is 20.8 Å². The third-order valence-corrected chi connectivity index (χ3v) is 3.90. The molecule has 152 valence electrons. The molecule has 0 aromatic heterocycles. The van der Waals surface area contributed by atoms with Crippen LogP contribution in [0.3, 0.4) is 0 Å². The van der Waals surface area contributed by atoms with Crippen molar-refractivity contribution in [1.29, 1.82) is 0 Å². The first-order valence-corrected chi connectivity index (χ1v) is 8.67. The summed E-state index contributed by atoms with van der Waals surface area (Å²) in [4.78, 5) is 4.13. The number of alkyl halides is 3. The van der Waals surface area contributed by atoms with Gasteiger partial charge in [-0.3, -0.25) is 4.99 Å². The fraction of sp³-hybridized carbons (Fsp3) is 0.350.